The molecule has 0 fully saturated rings. The van der Waals surface area contributed by atoms with E-state index in [2.05, 4.69) is 33.0 Å². The number of unbranched alkanes of at least 4 members (excludes halogenated alkanes) is 13. The third-order valence-corrected chi connectivity index (χ3v) is 5.04. The topological polar surface area (TPSA) is 29.5 Å². The van der Waals surface area contributed by atoms with Crippen LogP contribution in [-0.2, 0) is 4.89 Å². The molecule has 0 aromatic carbocycles. The molecule has 0 aliphatic heterocycles. The molecule has 0 saturated carbocycles. The standard InChI is InChI=1S/C19H42N.C5H13NO2/c1-5-6-7-8-9-10-11-12-13-14-15-16-17-18-19-20(2,3)4;1-6(2,3)4-5-8-7/h5-19H2,1-4H3;4-5H2,1-3H3/q+1;/p+1. The van der Waals surface area contributed by atoms with Gasteiger partial charge in [-0.3, -0.25) is 5.26 Å². The summed E-state index contributed by atoms with van der Waals surface area (Å²) in [4.78, 5) is 3.90. The van der Waals surface area contributed by atoms with Gasteiger partial charge in [0.2, 0.25) is 0 Å². The van der Waals surface area contributed by atoms with Gasteiger partial charge in [0.05, 0.1) is 48.8 Å². The molecule has 0 aromatic heterocycles. The van der Waals surface area contributed by atoms with Crippen molar-refractivity contribution in [1.82, 2.24) is 0 Å². The lowest BCUT2D eigenvalue weighted by Crippen LogP contribution is -2.37. The monoisotopic (exact) mass is 404 g/mol. The highest BCUT2D eigenvalue weighted by molar-refractivity contribution is 4.49. The van der Waals surface area contributed by atoms with Gasteiger partial charge >= 0.3 is 0 Å². The Hall–Kier alpha value is -0.160. The third kappa shape index (κ3) is 33.4. The van der Waals surface area contributed by atoms with Crippen molar-refractivity contribution in [1.29, 1.82) is 0 Å². The van der Waals surface area contributed by atoms with Gasteiger partial charge < -0.3 is 8.97 Å². The van der Waals surface area contributed by atoms with Crippen molar-refractivity contribution in [3.05, 3.63) is 0 Å². The van der Waals surface area contributed by atoms with E-state index in [0.29, 0.717) is 6.61 Å². The first-order chi connectivity index (χ1) is 13.1. The molecule has 0 heterocycles. The number of likely N-dealkylation sites (N-methyl/N-ethyl adjacent to an activating group) is 1. The van der Waals surface area contributed by atoms with Crippen molar-refractivity contribution >= 4 is 0 Å². The van der Waals surface area contributed by atoms with Crippen molar-refractivity contribution in [2.24, 2.45) is 0 Å². The molecule has 0 atom stereocenters. The SMILES string of the molecule is CCCCCCCCCCCCCCCC[N+](C)(C)C.C[N+](C)(C)CCOO. The number of rotatable bonds is 18. The van der Waals surface area contributed by atoms with Crippen molar-refractivity contribution in [2.75, 3.05) is 62.0 Å². The zero-order valence-corrected chi connectivity index (χ0v) is 20.8. The van der Waals surface area contributed by atoms with Crippen LogP contribution in [0.3, 0.4) is 0 Å². The highest BCUT2D eigenvalue weighted by atomic mass is 17.1. The number of nitrogens with zero attached hydrogens (tertiary/aromatic N) is 2. The molecule has 0 saturated heterocycles. The molecular formula is C24H56N2O2+2. The largest absolute Gasteiger partial charge is 0.331 e. The first-order valence-corrected chi connectivity index (χ1v) is 12.0. The van der Waals surface area contributed by atoms with Gasteiger partial charge in [-0.05, 0) is 12.8 Å². The Kier molecular flexibility index (Phi) is 21.6. The van der Waals surface area contributed by atoms with Crippen molar-refractivity contribution in [3.63, 3.8) is 0 Å². The molecule has 0 spiro atoms. The Balaban J connectivity index is 0. The van der Waals surface area contributed by atoms with Crippen molar-refractivity contribution in [2.45, 2.75) is 96.8 Å². The zero-order valence-electron chi connectivity index (χ0n) is 20.8. The summed E-state index contributed by atoms with van der Waals surface area (Å²) in [6.07, 6.45) is 20.4. The normalized spacial score (nSPS) is 12.0. The van der Waals surface area contributed by atoms with Crippen LogP contribution in [0.1, 0.15) is 96.8 Å². The Bertz CT molecular complexity index is 296. The highest BCUT2D eigenvalue weighted by Crippen LogP contribution is 2.13. The van der Waals surface area contributed by atoms with Gasteiger partial charge in [-0.2, -0.15) is 0 Å². The van der Waals surface area contributed by atoms with Crippen LogP contribution in [0.15, 0.2) is 0 Å². The van der Waals surface area contributed by atoms with Crippen molar-refractivity contribution in [3.8, 4) is 0 Å². The predicted octanol–water partition coefficient (Wildman–Crippen LogP) is 6.36. The number of hydrogen-bond donors (Lipinski definition) is 1. The summed E-state index contributed by atoms with van der Waals surface area (Å²) < 4.78 is 1.94. The van der Waals surface area contributed by atoms with Crippen molar-refractivity contribution < 1.29 is 19.1 Å². The van der Waals surface area contributed by atoms with E-state index in [1.807, 2.05) is 21.1 Å². The van der Waals surface area contributed by atoms with Gasteiger partial charge in [-0.1, -0.05) is 84.0 Å². The van der Waals surface area contributed by atoms with E-state index < -0.39 is 0 Å². The van der Waals surface area contributed by atoms with Crippen LogP contribution >= 0.6 is 0 Å². The Morgan fingerprint density at radius 2 is 0.821 bits per heavy atom. The maximum Gasteiger partial charge on any atom is 0.131 e. The van der Waals surface area contributed by atoms with E-state index in [-0.39, 0.29) is 0 Å². The quantitative estimate of drug-likeness (QED) is 0.125. The van der Waals surface area contributed by atoms with Crippen LogP contribution in [0.4, 0.5) is 0 Å². The van der Waals surface area contributed by atoms with E-state index in [9.17, 15) is 0 Å². The molecule has 0 amide bonds. The smallest absolute Gasteiger partial charge is 0.131 e. The van der Waals surface area contributed by atoms with E-state index >= 15 is 0 Å². The molecule has 172 valence electrons. The average molecular weight is 405 g/mol. The molecular weight excluding hydrogens is 348 g/mol. The predicted molar refractivity (Wildman–Crippen MR) is 125 cm³/mol. The fraction of sp³-hybridized carbons (Fsp3) is 1.00. The second-order valence-electron chi connectivity index (χ2n) is 10.5. The third-order valence-electron chi connectivity index (χ3n) is 5.04. The minimum absolute atomic E-state index is 0.406. The number of hydrogen-bond acceptors (Lipinski definition) is 2. The van der Waals surface area contributed by atoms with Crippen LogP contribution in [0.25, 0.3) is 0 Å². The molecule has 0 aliphatic rings. The second kappa shape index (κ2) is 20.1. The minimum atomic E-state index is 0.406. The van der Waals surface area contributed by atoms with E-state index in [0.717, 1.165) is 15.5 Å². The van der Waals surface area contributed by atoms with E-state index in [1.165, 1.54) is 96.4 Å². The fourth-order valence-electron chi connectivity index (χ4n) is 3.10. The Morgan fingerprint density at radius 3 is 1.07 bits per heavy atom. The van der Waals surface area contributed by atoms with Crippen LogP contribution in [0, 0.1) is 0 Å². The molecule has 0 radical (unpaired) electrons. The molecule has 0 rings (SSSR count). The van der Waals surface area contributed by atoms with E-state index in [1.54, 1.807) is 0 Å². The lowest BCUT2D eigenvalue weighted by atomic mass is 10.0. The van der Waals surface area contributed by atoms with Crippen LogP contribution in [0.2, 0.25) is 0 Å². The molecule has 4 heteroatoms. The lowest BCUT2D eigenvalue weighted by molar-refractivity contribution is -0.871. The molecule has 0 bridgehead atoms. The van der Waals surface area contributed by atoms with E-state index in [4.69, 9.17) is 5.26 Å². The van der Waals surface area contributed by atoms with Crippen LogP contribution in [0.5, 0.6) is 0 Å². The summed E-state index contributed by atoms with van der Waals surface area (Å²) >= 11 is 0. The number of quaternary nitrogens is 2. The van der Waals surface area contributed by atoms with Gasteiger partial charge in [0, 0.05) is 0 Å². The Morgan fingerprint density at radius 1 is 0.500 bits per heavy atom. The first kappa shape index (κ1) is 30.0. The molecule has 0 unspecified atom stereocenters. The summed E-state index contributed by atoms with van der Waals surface area (Å²) in [6, 6.07) is 0. The summed E-state index contributed by atoms with van der Waals surface area (Å²) in [5.74, 6) is 0. The summed E-state index contributed by atoms with van der Waals surface area (Å²) in [5.41, 5.74) is 0. The summed E-state index contributed by atoms with van der Waals surface area (Å²) in [5, 5.41) is 7.92. The fourth-order valence-corrected chi connectivity index (χ4v) is 3.10. The summed E-state index contributed by atoms with van der Waals surface area (Å²) in [6.45, 7) is 4.86. The Labute approximate surface area is 178 Å². The lowest BCUT2D eigenvalue weighted by Gasteiger charge is -2.23. The molecule has 0 aromatic rings. The zero-order chi connectivity index (χ0) is 21.7. The first-order valence-electron chi connectivity index (χ1n) is 12.0. The second-order valence-corrected chi connectivity index (χ2v) is 10.5. The van der Waals surface area contributed by atoms with Gasteiger partial charge in [0.25, 0.3) is 0 Å². The van der Waals surface area contributed by atoms with Gasteiger partial charge in [0.15, 0.2) is 0 Å². The maximum atomic E-state index is 7.92. The molecule has 4 nitrogen and oxygen atoms in total. The average Bonchev–Trinajstić information content (AvgIpc) is 2.59. The molecule has 0 aliphatic carbocycles. The molecule has 28 heavy (non-hydrogen) atoms. The maximum absolute atomic E-state index is 7.92. The highest BCUT2D eigenvalue weighted by Gasteiger charge is 2.05. The van der Waals surface area contributed by atoms with Gasteiger partial charge in [-0.15, -0.1) is 0 Å². The van der Waals surface area contributed by atoms with Gasteiger partial charge in [-0.25, -0.2) is 4.89 Å². The van der Waals surface area contributed by atoms with Crippen LogP contribution < -0.4 is 0 Å². The minimum Gasteiger partial charge on any atom is -0.331 e. The molecule has 1 N–H and O–H groups in total. The van der Waals surface area contributed by atoms with Crippen LogP contribution in [-0.4, -0.2) is 76.2 Å². The summed E-state index contributed by atoms with van der Waals surface area (Å²) in [7, 11) is 13.0. The van der Waals surface area contributed by atoms with Gasteiger partial charge in [0.1, 0.15) is 13.2 Å².